The Morgan fingerprint density at radius 3 is 2.54 bits per heavy atom. The van der Waals surface area contributed by atoms with Crippen LogP contribution >= 0.6 is 11.8 Å². The van der Waals surface area contributed by atoms with E-state index in [0.29, 0.717) is 29.5 Å². The second-order valence-corrected chi connectivity index (χ2v) is 6.72. The van der Waals surface area contributed by atoms with E-state index in [-0.39, 0.29) is 18.2 Å². The van der Waals surface area contributed by atoms with E-state index < -0.39 is 0 Å². The van der Waals surface area contributed by atoms with Crippen molar-refractivity contribution in [2.24, 2.45) is 0 Å². The van der Waals surface area contributed by atoms with Crippen molar-refractivity contribution in [3.05, 3.63) is 42.5 Å². The number of anilines is 2. The third-order valence-corrected chi connectivity index (χ3v) is 5.05. The van der Waals surface area contributed by atoms with E-state index in [9.17, 15) is 9.59 Å². The highest BCUT2D eigenvalue weighted by Crippen LogP contribution is 2.35. The first-order chi connectivity index (χ1) is 12.6. The zero-order valence-corrected chi connectivity index (χ0v) is 15.5. The largest absolute Gasteiger partial charge is 0.497 e. The summed E-state index contributed by atoms with van der Waals surface area (Å²) in [6, 6.07) is 12.9. The fraction of sp³-hybridized carbons (Fsp3) is 0.263. The zero-order valence-electron chi connectivity index (χ0n) is 14.7. The molecule has 2 aromatic rings. The number of amides is 2. The predicted octanol–water partition coefficient (Wildman–Crippen LogP) is 3.17. The van der Waals surface area contributed by atoms with Gasteiger partial charge in [-0.15, -0.1) is 11.8 Å². The summed E-state index contributed by atoms with van der Waals surface area (Å²) in [6.07, 6.45) is 0.199. The summed E-state index contributed by atoms with van der Waals surface area (Å²) in [4.78, 5) is 27.3. The molecule has 136 valence electrons. The highest BCUT2D eigenvalue weighted by Gasteiger charge is 2.24. The molecule has 1 heterocycles. The van der Waals surface area contributed by atoms with Crippen LogP contribution in [0.3, 0.4) is 0 Å². The van der Waals surface area contributed by atoms with E-state index in [4.69, 9.17) is 9.47 Å². The minimum absolute atomic E-state index is 0.0181. The predicted molar refractivity (Wildman–Crippen MR) is 102 cm³/mol. The Bertz CT molecular complexity index is 803. The molecule has 6 nitrogen and oxygen atoms in total. The maximum Gasteiger partial charge on any atom is 0.237 e. The van der Waals surface area contributed by atoms with Crippen molar-refractivity contribution in [2.45, 2.75) is 11.3 Å². The highest BCUT2D eigenvalue weighted by molar-refractivity contribution is 8.00. The molecule has 1 aliphatic heterocycles. The number of ether oxygens (including phenoxy) is 2. The standard InChI is InChI=1S/C19H20N2O4S/c1-24-14-9-13(10-15(11-14)25-2)20-18(22)7-8-21-16-5-3-4-6-17(16)26-12-19(21)23/h3-6,9-11H,7-8,12H2,1-2H3,(H,20,22). The van der Waals surface area contributed by atoms with E-state index in [2.05, 4.69) is 5.32 Å². The van der Waals surface area contributed by atoms with Crippen LogP contribution < -0.4 is 19.7 Å². The molecular weight excluding hydrogens is 352 g/mol. The summed E-state index contributed by atoms with van der Waals surface area (Å²) in [6.45, 7) is 0.337. The highest BCUT2D eigenvalue weighted by atomic mass is 32.2. The number of hydrogen-bond acceptors (Lipinski definition) is 5. The van der Waals surface area contributed by atoms with E-state index in [1.54, 1.807) is 37.3 Å². The summed E-state index contributed by atoms with van der Waals surface area (Å²) in [5, 5.41) is 2.83. The SMILES string of the molecule is COc1cc(NC(=O)CCN2C(=O)CSc3ccccc32)cc(OC)c1. The molecule has 2 amide bonds. The van der Waals surface area contributed by atoms with E-state index >= 15 is 0 Å². The fourth-order valence-electron chi connectivity index (χ4n) is 2.72. The minimum Gasteiger partial charge on any atom is -0.497 e. The molecule has 7 heteroatoms. The lowest BCUT2D eigenvalue weighted by atomic mass is 10.2. The molecule has 0 atom stereocenters. The summed E-state index contributed by atoms with van der Waals surface area (Å²) in [5.74, 6) is 1.42. The molecule has 0 spiro atoms. The third-order valence-electron chi connectivity index (χ3n) is 4.01. The topological polar surface area (TPSA) is 67.9 Å². The molecule has 0 aromatic heterocycles. The van der Waals surface area contributed by atoms with Gasteiger partial charge in [0.2, 0.25) is 11.8 Å². The number of para-hydroxylation sites is 1. The van der Waals surface area contributed by atoms with Crippen molar-refractivity contribution >= 4 is 35.0 Å². The van der Waals surface area contributed by atoms with Crippen LogP contribution in [0.4, 0.5) is 11.4 Å². The number of nitrogens with one attached hydrogen (secondary N) is 1. The minimum atomic E-state index is -0.177. The Morgan fingerprint density at radius 1 is 1.15 bits per heavy atom. The number of hydrogen-bond donors (Lipinski definition) is 1. The molecule has 0 bridgehead atoms. The van der Waals surface area contributed by atoms with Crippen molar-refractivity contribution in [3.8, 4) is 11.5 Å². The summed E-state index contributed by atoms with van der Waals surface area (Å²) < 4.78 is 10.4. The van der Waals surface area contributed by atoms with E-state index in [0.717, 1.165) is 10.6 Å². The molecule has 1 aliphatic rings. The van der Waals surface area contributed by atoms with Gasteiger partial charge in [-0.1, -0.05) is 12.1 Å². The molecule has 0 radical (unpaired) electrons. The van der Waals surface area contributed by atoms with Crippen LogP contribution in [0.15, 0.2) is 47.4 Å². The van der Waals surface area contributed by atoms with Crippen LogP contribution in [0.1, 0.15) is 6.42 Å². The lowest BCUT2D eigenvalue weighted by Gasteiger charge is -2.28. The number of rotatable bonds is 6. The van der Waals surface area contributed by atoms with Crippen LogP contribution in [0.2, 0.25) is 0 Å². The van der Waals surface area contributed by atoms with Gasteiger partial charge in [0.1, 0.15) is 11.5 Å². The Labute approximate surface area is 156 Å². The third kappa shape index (κ3) is 4.11. The zero-order chi connectivity index (χ0) is 18.5. The Kier molecular flexibility index (Phi) is 5.68. The van der Waals surface area contributed by atoms with Crippen molar-refractivity contribution in [2.75, 3.05) is 36.7 Å². The number of thioether (sulfide) groups is 1. The maximum atomic E-state index is 12.3. The van der Waals surface area contributed by atoms with Crippen LogP contribution in [0.5, 0.6) is 11.5 Å². The van der Waals surface area contributed by atoms with Gasteiger partial charge >= 0.3 is 0 Å². The van der Waals surface area contributed by atoms with Gasteiger partial charge in [-0.05, 0) is 12.1 Å². The molecule has 0 saturated carbocycles. The monoisotopic (exact) mass is 372 g/mol. The average Bonchev–Trinajstić information content (AvgIpc) is 2.66. The normalized spacial score (nSPS) is 13.2. The molecular formula is C19H20N2O4S. The van der Waals surface area contributed by atoms with Crippen LogP contribution in [-0.2, 0) is 9.59 Å². The molecule has 3 rings (SSSR count). The van der Waals surface area contributed by atoms with Crippen LogP contribution in [0.25, 0.3) is 0 Å². The molecule has 1 N–H and O–H groups in total. The average molecular weight is 372 g/mol. The molecule has 0 saturated heterocycles. The summed E-state index contributed by atoms with van der Waals surface area (Å²) >= 11 is 1.53. The number of nitrogens with zero attached hydrogens (tertiary/aromatic N) is 1. The number of fused-ring (bicyclic) bond motifs is 1. The molecule has 0 unspecified atom stereocenters. The van der Waals surface area contributed by atoms with Gasteiger partial charge in [0.15, 0.2) is 0 Å². The van der Waals surface area contributed by atoms with Gasteiger partial charge in [0.05, 0.1) is 25.7 Å². The van der Waals surface area contributed by atoms with Gasteiger partial charge in [-0.3, -0.25) is 9.59 Å². The fourth-order valence-corrected chi connectivity index (χ4v) is 3.65. The Morgan fingerprint density at radius 2 is 1.85 bits per heavy atom. The van der Waals surface area contributed by atoms with Crippen LogP contribution in [-0.4, -0.2) is 38.3 Å². The summed E-state index contributed by atoms with van der Waals surface area (Å²) in [7, 11) is 3.11. The second-order valence-electron chi connectivity index (χ2n) is 5.70. The maximum absolute atomic E-state index is 12.3. The van der Waals surface area contributed by atoms with Crippen molar-refractivity contribution < 1.29 is 19.1 Å². The number of methoxy groups -OCH3 is 2. The first kappa shape index (κ1) is 18.1. The van der Waals surface area contributed by atoms with Crippen molar-refractivity contribution in [1.82, 2.24) is 0 Å². The molecule has 26 heavy (non-hydrogen) atoms. The molecule has 0 fully saturated rings. The van der Waals surface area contributed by atoms with Gasteiger partial charge in [0.25, 0.3) is 0 Å². The number of benzene rings is 2. The van der Waals surface area contributed by atoms with Crippen molar-refractivity contribution in [3.63, 3.8) is 0 Å². The smallest absolute Gasteiger partial charge is 0.237 e. The Hall–Kier alpha value is -2.67. The lowest BCUT2D eigenvalue weighted by Crippen LogP contribution is -2.37. The molecule has 2 aromatic carbocycles. The first-order valence-electron chi connectivity index (χ1n) is 8.16. The molecule has 0 aliphatic carbocycles. The van der Waals surface area contributed by atoms with E-state index in [1.807, 2.05) is 24.3 Å². The van der Waals surface area contributed by atoms with E-state index in [1.165, 1.54) is 11.8 Å². The Balaban J connectivity index is 1.65. The second kappa shape index (κ2) is 8.14. The lowest BCUT2D eigenvalue weighted by molar-refractivity contribution is -0.117. The first-order valence-corrected chi connectivity index (χ1v) is 9.14. The van der Waals surface area contributed by atoms with Crippen LogP contribution in [0, 0.1) is 0 Å². The number of carbonyl (C=O) groups excluding carboxylic acids is 2. The quantitative estimate of drug-likeness (QED) is 0.844. The summed E-state index contributed by atoms with van der Waals surface area (Å²) in [5.41, 5.74) is 1.46. The van der Waals surface area contributed by atoms with Gasteiger partial charge in [0, 0.05) is 41.7 Å². The van der Waals surface area contributed by atoms with Crippen molar-refractivity contribution in [1.29, 1.82) is 0 Å². The van der Waals surface area contributed by atoms with Gasteiger partial charge < -0.3 is 19.7 Å². The number of carbonyl (C=O) groups is 2. The van der Waals surface area contributed by atoms with Gasteiger partial charge in [-0.25, -0.2) is 0 Å². The van der Waals surface area contributed by atoms with Gasteiger partial charge in [-0.2, -0.15) is 0 Å².